The molecule has 0 radical (unpaired) electrons. The molecule has 0 bridgehead atoms. The van der Waals surface area contributed by atoms with Crippen LogP contribution in [0.25, 0.3) is 0 Å². The highest BCUT2D eigenvalue weighted by atomic mass is 16.3. The Balaban J connectivity index is 1.78. The third kappa shape index (κ3) is 1.44. The van der Waals surface area contributed by atoms with Gasteiger partial charge < -0.3 is 8.83 Å². The molecule has 1 atom stereocenters. The maximum absolute atomic E-state index is 5.32. The second kappa shape index (κ2) is 3.31. The number of hydrogen-bond acceptors (Lipinski definition) is 4. The van der Waals surface area contributed by atoms with Gasteiger partial charge in [-0.05, 0) is 24.3 Å². The van der Waals surface area contributed by atoms with E-state index in [4.69, 9.17) is 8.83 Å². The topological polar surface area (TPSA) is 50.7 Å². The molecule has 2 aromatic rings. The van der Waals surface area contributed by atoms with Crippen molar-refractivity contribution in [1.82, 2.24) is 5.43 Å². The number of nitrogens with zero attached hydrogens (tertiary/aromatic N) is 1. The van der Waals surface area contributed by atoms with Crippen molar-refractivity contribution in [3.05, 3.63) is 48.3 Å². The molecule has 0 spiro atoms. The first kappa shape index (κ1) is 8.35. The maximum Gasteiger partial charge on any atom is 0.149 e. The predicted octanol–water partition coefficient (Wildman–Crippen LogP) is 2.31. The molecule has 0 amide bonds. The molecule has 0 aromatic carbocycles. The molecular formula is C11H10N2O2. The van der Waals surface area contributed by atoms with Crippen molar-refractivity contribution in [2.75, 3.05) is 0 Å². The maximum atomic E-state index is 5.32. The minimum Gasteiger partial charge on any atom is -0.467 e. The quantitative estimate of drug-likeness (QED) is 0.812. The molecule has 76 valence electrons. The minimum atomic E-state index is 0.125. The Kier molecular flexibility index (Phi) is 1.84. The lowest BCUT2D eigenvalue weighted by Gasteiger charge is -2.04. The lowest BCUT2D eigenvalue weighted by molar-refractivity contribution is 0.440. The summed E-state index contributed by atoms with van der Waals surface area (Å²) in [7, 11) is 0. The van der Waals surface area contributed by atoms with E-state index >= 15 is 0 Å². The standard InChI is InChI=1S/C11H10N2O2/c1-3-10(14-5-1)8-7-9(13-12-8)11-4-2-6-15-11/h1-6,8,12H,7H2. The highest BCUT2D eigenvalue weighted by Gasteiger charge is 2.24. The van der Waals surface area contributed by atoms with Crippen LogP contribution in [0.15, 0.2) is 50.7 Å². The molecule has 4 nitrogen and oxygen atoms in total. The van der Waals surface area contributed by atoms with E-state index in [1.54, 1.807) is 12.5 Å². The van der Waals surface area contributed by atoms with Crippen molar-refractivity contribution in [3.63, 3.8) is 0 Å². The lowest BCUT2D eigenvalue weighted by Crippen LogP contribution is -2.08. The van der Waals surface area contributed by atoms with Crippen LogP contribution in [0.5, 0.6) is 0 Å². The highest BCUT2D eigenvalue weighted by Crippen LogP contribution is 2.24. The van der Waals surface area contributed by atoms with E-state index in [-0.39, 0.29) is 6.04 Å². The summed E-state index contributed by atoms with van der Waals surface area (Å²) in [5, 5.41) is 4.23. The Labute approximate surface area is 86.6 Å². The fourth-order valence-corrected chi connectivity index (χ4v) is 1.69. The fraction of sp³-hybridized carbons (Fsp3) is 0.182. The Bertz CT molecular complexity index is 457. The first-order valence-corrected chi connectivity index (χ1v) is 4.83. The average Bonchev–Trinajstić information content (AvgIpc) is 3.02. The van der Waals surface area contributed by atoms with Gasteiger partial charge in [0.1, 0.15) is 23.3 Å². The van der Waals surface area contributed by atoms with Crippen LogP contribution >= 0.6 is 0 Å². The smallest absolute Gasteiger partial charge is 0.149 e. The van der Waals surface area contributed by atoms with Crippen LogP contribution in [-0.4, -0.2) is 5.71 Å². The lowest BCUT2D eigenvalue weighted by atomic mass is 10.1. The van der Waals surface area contributed by atoms with E-state index in [0.717, 1.165) is 23.7 Å². The molecule has 0 saturated heterocycles. The van der Waals surface area contributed by atoms with Gasteiger partial charge in [0.05, 0.1) is 12.5 Å². The van der Waals surface area contributed by atoms with E-state index in [2.05, 4.69) is 10.5 Å². The Hall–Kier alpha value is -1.97. The number of furan rings is 2. The molecule has 2 aromatic heterocycles. The molecule has 1 aliphatic heterocycles. The number of hydrazone groups is 1. The monoisotopic (exact) mass is 202 g/mol. The summed E-state index contributed by atoms with van der Waals surface area (Å²) in [6.45, 7) is 0. The van der Waals surface area contributed by atoms with E-state index in [9.17, 15) is 0 Å². The zero-order valence-electron chi connectivity index (χ0n) is 8.01. The number of hydrogen-bond donors (Lipinski definition) is 1. The molecule has 1 N–H and O–H groups in total. The van der Waals surface area contributed by atoms with Crippen molar-refractivity contribution in [1.29, 1.82) is 0 Å². The van der Waals surface area contributed by atoms with Crippen molar-refractivity contribution in [2.45, 2.75) is 12.5 Å². The second-order valence-electron chi connectivity index (χ2n) is 3.44. The SMILES string of the molecule is c1coc(C2=NNC(c3ccco3)C2)c1. The summed E-state index contributed by atoms with van der Waals surface area (Å²) in [5.74, 6) is 1.72. The summed E-state index contributed by atoms with van der Waals surface area (Å²) >= 11 is 0. The zero-order valence-corrected chi connectivity index (χ0v) is 8.01. The van der Waals surface area contributed by atoms with Crippen LogP contribution < -0.4 is 5.43 Å². The van der Waals surface area contributed by atoms with Gasteiger partial charge in [-0.2, -0.15) is 5.10 Å². The van der Waals surface area contributed by atoms with Crippen molar-refractivity contribution in [2.24, 2.45) is 5.10 Å². The number of rotatable bonds is 2. The summed E-state index contributed by atoms with van der Waals surface area (Å²) in [6, 6.07) is 7.71. The van der Waals surface area contributed by atoms with Crippen LogP contribution in [0.2, 0.25) is 0 Å². The van der Waals surface area contributed by atoms with E-state index < -0.39 is 0 Å². The minimum absolute atomic E-state index is 0.125. The molecular weight excluding hydrogens is 192 g/mol. The van der Waals surface area contributed by atoms with Gasteiger partial charge in [0.25, 0.3) is 0 Å². The Morgan fingerprint density at radius 1 is 1.20 bits per heavy atom. The van der Waals surface area contributed by atoms with Gasteiger partial charge in [-0.15, -0.1) is 0 Å². The van der Waals surface area contributed by atoms with Crippen LogP contribution in [0.3, 0.4) is 0 Å². The number of nitrogens with one attached hydrogen (secondary N) is 1. The van der Waals surface area contributed by atoms with Crippen LogP contribution in [0, 0.1) is 0 Å². The molecule has 15 heavy (non-hydrogen) atoms. The highest BCUT2D eigenvalue weighted by molar-refractivity contribution is 5.99. The largest absolute Gasteiger partial charge is 0.467 e. The van der Waals surface area contributed by atoms with Gasteiger partial charge >= 0.3 is 0 Å². The van der Waals surface area contributed by atoms with Gasteiger partial charge in [-0.1, -0.05) is 0 Å². The predicted molar refractivity (Wildman–Crippen MR) is 54.4 cm³/mol. The molecule has 4 heteroatoms. The normalized spacial score (nSPS) is 20.0. The van der Waals surface area contributed by atoms with E-state index in [0.29, 0.717) is 0 Å². The molecule has 3 rings (SSSR count). The third-order valence-electron chi connectivity index (χ3n) is 2.45. The van der Waals surface area contributed by atoms with Crippen LogP contribution in [0.1, 0.15) is 24.0 Å². The summed E-state index contributed by atoms with van der Waals surface area (Å²) in [6.07, 6.45) is 4.11. The average molecular weight is 202 g/mol. The van der Waals surface area contributed by atoms with Crippen LogP contribution in [0.4, 0.5) is 0 Å². The summed E-state index contributed by atoms with van der Waals surface area (Å²) in [4.78, 5) is 0. The van der Waals surface area contributed by atoms with Crippen molar-refractivity contribution in [3.8, 4) is 0 Å². The van der Waals surface area contributed by atoms with Gasteiger partial charge in [-0.3, -0.25) is 5.43 Å². The third-order valence-corrected chi connectivity index (χ3v) is 2.45. The van der Waals surface area contributed by atoms with Gasteiger partial charge in [-0.25, -0.2) is 0 Å². The summed E-state index contributed by atoms with van der Waals surface area (Å²) < 4.78 is 10.6. The van der Waals surface area contributed by atoms with Gasteiger partial charge in [0, 0.05) is 6.42 Å². The Morgan fingerprint density at radius 3 is 2.80 bits per heavy atom. The van der Waals surface area contributed by atoms with Crippen molar-refractivity contribution < 1.29 is 8.83 Å². The summed E-state index contributed by atoms with van der Waals surface area (Å²) in [5.41, 5.74) is 3.96. The molecule has 0 fully saturated rings. The van der Waals surface area contributed by atoms with Crippen LogP contribution in [-0.2, 0) is 0 Å². The first-order chi connectivity index (χ1) is 7.43. The molecule has 0 aliphatic carbocycles. The Morgan fingerprint density at radius 2 is 2.07 bits per heavy atom. The molecule has 1 aliphatic rings. The zero-order chi connectivity index (χ0) is 10.1. The van der Waals surface area contributed by atoms with Gasteiger partial charge in [0.15, 0.2) is 0 Å². The van der Waals surface area contributed by atoms with E-state index in [1.807, 2.05) is 24.3 Å². The first-order valence-electron chi connectivity index (χ1n) is 4.83. The molecule has 1 unspecified atom stereocenters. The fourth-order valence-electron chi connectivity index (χ4n) is 1.69. The molecule has 3 heterocycles. The second-order valence-corrected chi connectivity index (χ2v) is 3.44. The van der Waals surface area contributed by atoms with Gasteiger partial charge in [0.2, 0.25) is 0 Å². The molecule has 0 saturated carbocycles. The van der Waals surface area contributed by atoms with Crippen molar-refractivity contribution >= 4 is 5.71 Å². The van der Waals surface area contributed by atoms with E-state index in [1.165, 1.54) is 0 Å².